The number of nitrogens with one attached hydrogen (secondary N) is 3. The maximum Gasteiger partial charge on any atom is 0.404 e. The summed E-state index contributed by atoms with van der Waals surface area (Å²) >= 11 is 0. The van der Waals surface area contributed by atoms with Gasteiger partial charge in [-0.2, -0.15) is 4.39 Å². The molecule has 204 valence electrons. The van der Waals surface area contributed by atoms with E-state index in [1.807, 2.05) is 0 Å². The van der Waals surface area contributed by atoms with Crippen LogP contribution in [-0.4, -0.2) is 64.9 Å². The van der Waals surface area contributed by atoms with Crippen molar-refractivity contribution >= 4 is 29.2 Å². The van der Waals surface area contributed by atoms with E-state index in [4.69, 9.17) is 14.6 Å². The van der Waals surface area contributed by atoms with Gasteiger partial charge in [-0.3, -0.25) is 9.20 Å². The third-order valence-electron chi connectivity index (χ3n) is 5.76. The molecule has 2 aromatic carbocycles. The van der Waals surface area contributed by atoms with Gasteiger partial charge in [0.2, 0.25) is 5.82 Å². The second kappa shape index (κ2) is 12.2. The van der Waals surface area contributed by atoms with Crippen molar-refractivity contribution in [2.24, 2.45) is 0 Å². The number of fused-ring (bicyclic) bond motifs is 1. The molecule has 4 rings (SSSR count). The van der Waals surface area contributed by atoms with Gasteiger partial charge >= 0.3 is 6.09 Å². The lowest BCUT2D eigenvalue weighted by atomic mass is 10.1. The first kappa shape index (κ1) is 27.3. The summed E-state index contributed by atoms with van der Waals surface area (Å²) in [5, 5.41) is 16.6. The molecule has 0 atom stereocenters. The maximum atomic E-state index is 14.7. The van der Waals surface area contributed by atoms with Crippen LogP contribution in [0.5, 0.6) is 5.75 Å². The summed E-state index contributed by atoms with van der Waals surface area (Å²) in [4.78, 5) is 31.6. The number of anilines is 2. The van der Waals surface area contributed by atoms with E-state index in [-0.39, 0.29) is 43.5 Å². The Bertz CT molecular complexity index is 1510. The molecule has 0 spiro atoms. The molecule has 2 heterocycles. The number of benzene rings is 2. The minimum absolute atomic E-state index is 0.0199. The van der Waals surface area contributed by atoms with E-state index in [1.54, 1.807) is 35.7 Å². The number of imidazole rings is 1. The Morgan fingerprint density at radius 2 is 1.82 bits per heavy atom. The van der Waals surface area contributed by atoms with Gasteiger partial charge in [0, 0.05) is 42.3 Å². The molecule has 0 unspecified atom stereocenters. The normalized spacial score (nSPS) is 10.9. The molecule has 4 N–H and O–H groups in total. The van der Waals surface area contributed by atoms with Crippen LogP contribution in [0.25, 0.3) is 16.9 Å². The highest BCUT2D eigenvalue weighted by Crippen LogP contribution is 2.31. The second-order valence-corrected chi connectivity index (χ2v) is 8.31. The molecule has 2 amide bonds. The van der Waals surface area contributed by atoms with Gasteiger partial charge in [0.1, 0.15) is 0 Å². The molecule has 0 bridgehead atoms. The van der Waals surface area contributed by atoms with Crippen molar-refractivity contribution in [2.75, 3.05) is 38.7 Å². The summed E-state index contributed by atoms with van der Waals surface area (Å²) < 4.78 is 40.7. The van der Waals surface area contributed by atoms with Crippen molar-refractivity contribution in [3.05, 3.63) is 71.7 Å². The molecule has 39 heavy (non-hydrogen) atoms. The Balaban J connectivity index is 1.44. The lowest BCUT2D eigenvalue weighted by molar-refractivity contribution is 0.0916. The summed E-state index contributed by atoms with van der Waals surface area (Å²) in [6, 6.07) is 7.92. The Morgan fingerprint density at radius 1 is 1.05 bits per heavy atom. The number of nitrogens with zero attached hydrogens (tertiary/aromatic N) is 3. The zero-order valence-electron chi connectivity index (χ0n) is 21.1. The van der Waals surface area contributed by atoms with Crippen LogP contribution in [0.15, 0.2) is 48.9 Å². The standard InChI is InChI=1S/C26H26F2N6O5/c1-15-13-16(3-4-17(15)25(35)30-8-11-39-12-9-31-26(36)37)33-23-24-32-14-19(34(24)10-7-29-23)18-5-6-20(38-2)22(28)21(18)27/h3-7,10,13-14,31H,8-9,11-12H2,1-2H3,(H,29,33)(H,30,35)(H,36,37). The van der Waals surface area contributed by atoms with Gasteiger partial charge in [-0.15, -0.1) is 0 Å². The Morgan fingerprint density at radius 3 is 2.54 bits per heavy atom. The number of carbonyl (C=O) groups is 2. The number of aromatic nitrogens is 3. The van der Waals surface area contributed by atoms with Crippen LogP contribution < -0.4 is 20.7 Å². The van der Waals surface area contributed by atoms with Crippen LogP contribution in [0.2, 0.25) is 0 Å². The number of methoxy groups -OCH3 is 1. The van der Waals surface area contributed by atoms with E-state index >= 15 is 0 Å². The van der Waals surface area contributed by atoms with E-state index in [0.717, 1.165) is 0 Å². The second-order valence-electron chi connectivity index (χ2n) is 8.31. The van der Waals surface area contributed by atoms with E-state index < -0.39 is 17.7 Å². The monoisotopic (exact) mass is 540 g/mol. The van der Waals surface area contributed by atoms with Gasteiger partial charge in [-0.25, -0.2) is 19.2 Å². The van der Waals surface area contributed by atoms with Gasteiger partial charge in [0.05, 0.1) is 32.2 Å². The third kappa shape index (κ3) is 6.21. The Hall–Kier alpha value is -4.78. The van der Waals surface area contributed by atoms with Crippen molar-refractivity contribution < 1.29 is 33.0 Å². The molecule has 11 nitrogen and oxygen atoms in total. The Labute approximate surface area is 221 Å². The van der Waals surface area contributed by atoms with Gasteiger partial charge in [-0.1, -0.05) is 0 Å². The lowest BCUT2D eigenvalue weighted by Crippen LogP contribution is -2.29. The minimum Gasteiger partial charge on any atom is -0.494 e. The molecule has 0 fully saturated rings. The molecular formula is C26H26F2N6O5. The Kier molecular flexibility index (Phi) is 8.51. The molecule has 0 saturated heterocycles. The summed E-state index contributed by atoms with van der Waals surface area (Å²) in [7, 11) is 1.26. The number of carbonyl (C=O) groups excluding carboxylic acids is 1. The summed E-state index contributed by atoms with van der Waals surface area (Å²) in [6.07, 6.45) is 3.41. The van der Waals surface area contributed by atoms with Crippen molar-refractivity contribution in [1.82, 2.24) is 25.0 Å². The highest BCUT2D eigenvalue weighted by Gasteiger charge is 2.19. The summed E-state index contributed by atoms with van der Waals surface area (Å²) in [5.41, 5.74) is 2.56. The minimum atomic E-state index is -1.12. The predicted octanol–water partition coefficient (Wildman–Crippen LogP) is 3.75. The SMILES string of the molecule is COc1ccc(-c2cnc3c(Nc4ccc(C(=O)NCCOCCNC(=O)O)c(C)c4)nccn23)c(F)c1F. The first-order valence-corrected chi connectivity index (χ1v) is 11.8. The topological polar surface area (TPSA) is 139 Å². The third-order valence-corrected chi connectivity index (χ3v) is 5.76. The molecule has 0 aliphatic carbocycles. The number of aryl methyl sites for hydroxylation is 1. The van der Waals surface area contributed by atoms with Gasteiger partial charge in [-0.05, 0) is 42.8 Å². The van der Waals surface area contributed by atoms with Crippen LogP contribution in [0.3, 0.4) is 0 Å². The fraction of sp³-hybridized carbons (Fsp3) is 0.231. The van der Waals surface area contributed by atoms with E-state index in [0.29, 0.717) is 34.0 Å². The van der Waals surface area contributed by atoms with E-state index in [1.165, 1.54) is 31.6 Å². The summed E-state index contributed by atoms with van der Waals surface area (Å²) in [6.45, 7) is 2.65. The first-order chi connectivity index (χ1) is 18.8. The maximum absolute atomic E-state index is 14.7. The zero-order valence-corrected chi connectivity index (χ0v) is 21.1. The number of hydrogen-bond acceptors (Lipinski definition) is 7. The fourth-order valence-electron chi connectivity index (χ4n) is 3.89. The van der Waals surface area contributed by atoms with Crippen molar-refractivity contribution in [3.8, 4) is 17.0 Å². The summed E-state index contributed by atoms with van der Waals surface area (Å²) in [5.74, 6) is -2.23. The van der Waals surface area contributed by atoms with Crippen molar-refractivity contribution in [2.45, 2.75) is 6.92 Å². The lowest BCUT2D eigenvalue weighted by Gasteiger charge is -2.12. The van der Waals surface area contributed by atoms with E-state index in [2.05, 4.69) is 25.9 Å². The van der Waals surface area contributed by atoms with Crippen LogP contribution >= 0.6 is 0 Å². The zero-order chi connectivity index (χ0) is 27.9. The quantitative estimate of drug-likeness (QED) is 0.211. The van der Waals surface area contributed by atoms with Crippen LogP contribution in [0.4, 0.5) is 25.1 Å². The molecule has 0 aliphatic heterocycles. The fourth-order valence-corrected chi connectivity index (χ4v) is 3.89. The first-order valence-electron chi connectivity index (χ1n) is 11.8. The van der Waals surface area contributed by atoms with Crippen molar-refractivity contribution in [1.29, 1.82) is 0 Å². The average Bonchev–Trinajstić information content (AvgIpc) is 3.34. The van der Waals surface area contributed by atoms with Gasteiger partial charge < -0.3 is 30.5 Å². The van der Waals surface area contributed by atoms with E-state index in [9.17, 15) is 18.4 Å². The van der Waals surface area contributed by atoms with Crippen molar-refractivity contribution in [3.63, 3.8) is 0 Å². The molecule has 4 aromatic rings. The van der Waals surface area contributed by atoms with Gasteiger partial charge in [0.25, 0.3) is 5.91 Å². The largest absolute Gasteiger partial charge is 0.494 e. The van der Waals surface area contributed by atoms with Crippen LogP contribution in [0, 0.1) is 18.6 Å². The molecule has 0 saturated carbocycles. The number of amides is 2. The number of carboxylic acid groups (broad SMARTS) is 1. The smallest absolute Gasteiger partial charge is 0.404 e. The molecule has 13 heteroatoms. The average molecular weight is 541 g/mol. The van der Waals surface area contributed by atoms with Crippen LogP contribution in [0.1, 0.15) is 15.9 Å². The number of halogens is 2. The number of ether oxygens (including phenoxy) is 2. The highest BCUT2D eigenvalue weighted by atomic mass is 19.2. The number of hydrogen-bond donors (Lipinski definition) is 4. The number of rotatable bonds is 11. The predicted molar refractivity (Wildman–Crippen MR) is 139 cm³/mol. The van der Waals surface area contributed by atoms with Crippen LogP contribution in [-0.2, 0) is 4.74 Å². The highest BCUT2D eigenvalue weighted by molar-refractivity contribution is 5.96. The van der Waals surface area contributed by atoms with Gasteiger partial charge in [0.15, 0.2) is 23.0 Å². The molecule has 0 radical (unpaired) electrons. The molecule has 2 aromatic heterocycles. The molecular weight excluding hydrogens is 514 g/mol. The molecule has 0 aliphatic rings.